The van der Waals surface area contributed by atoms with E-state index in [4.69, 9.17) is 0 Å². The van der Waals surface area contributed by atoms with Gasteiger partial charge in [-0.2, -0.15) is 0 Å². The van der Waals surface area contributed by atoms with Gasteiger partial charge < -0.3 is 14.4 Å². The third-order valence-corrected chi connectivity index (χ3v) is 4.86. The lowest BCUT2D eigenvalue weighted by Crippen LogP contribution is -2.35. The molecule has 1 fully saturated rings. The molecule has 0 unspecified atom stereocenters. The summed E-state index contributed by atoms with van der Waals surface area (Å²) >= 11 is 0. The number of nitrogens with zero attached hydrogens (tertiary/aromatic N) is 5. The number of imidazole rings is 1. The molecule has 6 heteroatoms. The first kappa shape index (κ1) is 17.6. The topological polar surface area (TPSA) is 54.3 Å². The van der Waals surface area contributed by atoms with Crippen LogP contribution in [0.3, 0.4) is 0 Å². The summed E-state index contributed by atoms with van der Waals surface area (Å²) in [6, 6.07) is 3.95. The van der Waals surface area contributed by atoms with Gasteiger partial charge in [-0.3, -0.25) is 9.78 Å². The van der Waals surface area contributed by atoms with E-state index >= 15 is 0 Å². The van der Waals surface area contributed by atoms with Gasteiger partial charge in [0.15, 0.2) is 0 Å². The predicted molar refractivity (Wildman–Crippen MR) is 97.1 cm³/mol. The zero-order valence-electron chi connectivity index (χ0n) is 15.0. The third-order valence-electron chi connectivity index (χ3n) is 4.86. The summed E-state index contributed by atoms with van der Waals surface area (Å²) in [5, 5.41) is 0. The first-order valence-corrected chi connectivity index (χ1v) is 9.07. The molecule has 0 radical (unpaired) electrons. The molecule has 1 aliphatic rings. The number of rotatable bonds is 6. The van der Waals surface area contributed by atoms with Crippen molar-refractivity contribution in [2.45, 2.75) is 25.7 Å². The van der Waals surface area contributed by atoms with Gasteiger partial charge in [0.2, 0.25) is 5.91 Å². The average molecular weight is 341 g/mol. The van der Waals surface area contributed by atoms with Gasteiger partial charge in [0.05, 0.1) is 0 Å². The Labute approximate surface area is 149 Å². The highest BCUT2D eigenvalue weighted by Gasteiger charge is 2.19. The van der Waals surface area contributed by atoms with Crippen LogP contribution in [-0.2, 0) is 24.7 Å². The Morgan fingerprint density at radius 1 is 1.16 bits per heavy atom. The monoisotopic (exact) mass is 341 g/mol. The molecule has 2 aromatic heterocycles. The standard InChI is InChI=1S/C19H27N5O/c1-22-13-9-21-18(22)7-12-23-10-3-11-24(15-14-23)19(25)6-5-17-4-2-8-20-16-17/h2,4,8-9,13,16H,3,5-7,10-12,14-15H2,1H3. The quantitative estimate of drug-likeness (QED) is 0.799. The number of hydrogen-bond acceptors (Lipinski definition) is 4. The number of amides is 1. The average Bonchev–Trinajstić information content (AvgIpc) is 2.91. The van der Waals surface area contributed by atoms with Crippen LogP contribution in [0.4, 0.5) is 0 Å². The Hall–Kier alpha value is -2.21. The molecule has 1 saturated heterocycles. The molecule has 0 spiro atoms. The maximum atomic E-state index is 12.5. The lowest BCUT2D eigenvalue weighted by molar-refractivity contribution is -0.131. The van der Waals surface area contributed by atoms with E-state index in [0.29, 0.717) is 6.42 Å². The molecule has 134 valence electrons. The van der Waals surface area contributed by atoms with E-state index in [-0.39, 0.29) is 5.91 Å². The molecule has 0 aliphatic carbocycles. The van der Waals surface area contributed by atoms with E-state index in [2.05, 4.69) is 19.4 Å². The molecule has 0 aromatic carbocycles. The number of hydrogen-bond donors (Lipinski definition) is 0. The van der Waals surface area contributed by atoms with Crippen LogP contribution in [0.25, 0.3) is 0 Å². The van der Waals surface area contributed by atoms with Crippen molar-refractivity contribution >= 4 is 5.91 Å². The minimum atomic E-state index is 0.259. The Balaban J connectivity index is 1.43. The van der Waals surface area contributed by atoms with Gasteiger partial charge in [0.25, 0.3) is 0 Å². The van der Waals surface area contributed by atoms with Crippen molar-refractivity contribution in [3.05, 3.63) is 48.3 Å². The zero-order chi connectivity index (χ0) is 17.5. The zero-order valence-corrected chi connectivity index (χ0v) is 15.0. The van der Waals surface area contributed by atoms with E-state index in [1.54, 1.807) is 6.20 Å². The lowest BCUT2D eigenvalue weighted by Gasteiger charge is -2.22. The molecule has 0 N–H and O–H groups in total. The molecule has 0 saturated carbocycles. The van der Waals surface area contributed by atoms with Crippen LogP contribution in [-0.4, -0.2) is 63.0 Å². The smallest absolute Gasteiger partial charge is 0.222 e. The maximum absolute atomic E-state index is 12.5. The molecule has 25 heavy (non-hydrogen) atoms. The Morgan fingerprint density at radius 2 is 2.08 bits per heavy atom. The second-order valence-corrected chi connectivity index (χ2v) is 6.64. The van der Waals surface area contributed by atoms with Crippen LogP contribution in [0, 0.1) is 0 Å². The highest BCUT2D eigenvalue weighted by atomic mass is 16.2. The van der Waals surface area contributed by atoms with Gasteiger partial charge in [0, 0.05) is 70.9 Å². The number of carbonyl (C=O) groups is 1. The Bertz CT molecular complexity index is 669. The summed E-state index contributed by atoms with van der Waals surface area (Å²) < 4.78 is 2.08. The van der Waals surface area contributed by atoms with Crippen molar-refractivity contribution in [2.75, 3.05) is 32.7 Å². The summed E-state index contributed by atoms with van der Waals surface area (Å²) in [4.78, 5) is 25.5. The van der Waals surface area contributed by atoms with Gasteiger partial charge in [-0.1, -0.05) is 6.07 Å². The van der Waals surface area contributed by atoms with E-state index in [1.165, 1.54) is 0 Å². The second kappa shape index (κ2) is 8.76. The maximum Gasteiger partial charge on any atom is 0.222 e. The molecule has 0 atom stereocenters. The third kappa shape index (κ3) is 5.13. The number of carbonyl (C=O) groups excluding carboxylic acids is 1. The second-order valence-electron chi connectivity index (χ2n) is 6.64. The Kier molecular flexibility index (Phi) is 6.17. The molecular weight excluding hydrogens is 314 g/mol. The molecule has 1 amide bonds. The van der Waals surface area contributed by atoms with Crippen molar-refractivity contribution in [1.29, 1.82) is 0 Å². The van der Waals surface area contributed by atoms with Crippen molar-refractivity contribution < 1.29 is 4.79 Å². The number of aryl methyl sites for hydroxylation is 2. The van der Waals surface area contributed by atoms with Crippen LogP contribution < -0.4 is 0 Å². The molecule has 0 bridgehead atoms. The van der Waals surface area contributed by atoms with E-state index in [0.717, 1.165) is 63.4 Å². The molecular formula is C19H27N5O. The van der Waals surface area contributed by atoms with E-state index in [1.807, 2.05) is 42.7 Å². The highest BCUT2D eigenvalue weighted by Crippen LogP contribution is 2.09. The van der Waals surface area contributed by atoms with Gasteiger partial charge in [-0.25, -0.2) is 4.98 Å². The van der Waals surface area contributed by atoms with E-state index < -0.39 is 0 Å². The van der Waals surface area contributed by atoms with Crippen LogP contribution in [0.5, 0.6) is 0 Å². The minimum Gasteiger partial charge on any atom is -0.341 e. The van der Waals surface area contributed by atoms with Gasteiger partial charge >= 0.3 is 0 Å². The predicted octanol–water partition coefficient (Wildman–Crippen LogP) is 1.52. The first-order valence-electron chi connectivity index (χ1n) is 9.07. The van der Waals surface area contributed by atoms with Crippen LogP contribution in [0.2, 0.25) is 0 Å². The minimum absolute atomic E-state index is 0.259. The van der Waals surface area contributed by atoms with Crippen molar-refractivity contribution in [2.24, 2.45) is 7.05 Å². The molecule has 2 aromatic rings. The normalized spacial score (nSPS) is 16.0. The SMILES string of the molecule is Cn1ccnc1CCN1CCCN(C(=O)CCc2cccnc2)CC1. The van der Waals surface area contributed by atoms with Crippen molar-refractivity contribution in [3.63, 3.8) is 0 Å². The Morgan fingerprint density at radius 3 is 2.84 bits per heavy atom. The summed E-state index contributed by atoms with van der Waals surface area (Å²) in [6.45, 7) is 4.69. The van der Waals surface area contributed by atoms with Gasteiger partial charge in [0.1, 0.15) is 5.82 Å². The van der Waals surface area contributed by atoms with Gasteiger partial charge in [-0.05, 0) is 31.0 Å². The van der Waals surface area contributed by atoms with Gasteiger partial charge in [-0.15, -0.1) is 0 Å². The van der Waals surface area contributed by atoms with Crippen LogP contribution >= 0.6 is 0 Å². The summed E-state index contributed by atoms with van der Waals surface area (Å²) in [5.41, 5.74) is 1.13. The van der Waals surface area contributed by atoms with E-state index in [9.17, 15) is 4.79 Å². The number of pyridine rings is 1. The molecule has 3 rings (SSSR count). The first-order chi connectivity index (χ1) is 12.2. The summed E-state index contributed by atoms with van der Waals surface area (Å²) in [7, 11) is 2.04. The van der Waals surface area contributed by atoms with Crippen molar-refractivity contribution in [3.8, 4) is 0 Å². The summed E-state index contributed by atoms with van der Waals surface area (Å²) in [6.07, 6.45) is 10.8. The van der Waals surface area contributed by atoms with Crippen molar-refractivity contribution in [1.82, 2.24) is 24.3 Å². The fourth-order valence-electron chi connectivity index (χ4n) is 3.29. The largest absolute Gasteiger partial charge is 0.341 e. The lowest BCUT2D eigenvalue weighted by atomic mass is 10.1. The number of aromatic nitrogens is 3. The summed E-state index contributed by atoms with van der Waals surface area (Å²) in [5.74, 6) is 1.38. The highest BCUT2D eigenvalue weighted by molar-refractivity contribution is 5.76. The fourth-order valence-corrected chi connectivity index (χ4v) is 3.29. The molecule has 3 heterocycles. The molecule has 6 nitrogen and oxygen atoms in total. The van der Waals surface area contributed by atoms with Crippen LogP contribution in [0.15, 0.2) is 36.9 Å². The molecule has 1 aliphatic heterocycles. The fraction of sp³-hybridized carbons (Fsp3) is 0.526. The van der Waals surface area contributed by atoms with Crippen LogP contribution in [0.1, 0.15) is 24.2 Å².